The summed E-state index contributed by atoms with van der Waals surface area (Å²) in [5.41, 5.74) is 4.54. The zero-order chi connectivity index (χ0) is 12.2. The van der Waals surface area contributed by atoms with Crippen LogP contribution in [0.25, 0.3) is 0 Å². The van der Waals surface area contributed by atoms with E-state index in [-0.39, 0.29) is 0 Å². The predicted octanol–water partition coefficient (Wildman–Crippen LogP) is 4.07. The molecule has 0 bridgehead atoms. The van der Waals surface area contributed by atoms with Crippen molar-refractivity contribution in [2.45, 2.75) is 39.2 Å². The first-order valence-electron chi connectivity index (χ1n) is 6.57. The molecule has 0 saturated carbocycles. The maximum absolute atomic E-state index is 3.37. The van der Waals surface area contributed by atoms with Crippen molar-refractivity contribution in [1.29, 1.82) is 0 Å². The van der Waals surface area contributed by atoms with Gasteiger partial charge in [-0.05, 0) is 30.6 Å². The molecule has 0 aromatic heterocycles. The number of nitrogens with one attached hydrogen (secondary N) is 1. The molecule has 0 fully saturated rings. The third-order valence-corrected chi connectivity index (χ3v) is 2.61. The molecule has 1 N–H and O–H groups in total. The summed E-state index contributed by atoms with van der Waals surface area (Å²) < 4.78 is 0. The Kier molecular flexibility index (Phi) is 8.01. The zero-order valence-corrected chi connectivity index (χ0v) is 10.8. The normalized spacial score (nSPS) is 9.71. The van der Waals surface area contributed by atoms with Gasteiger partial charge in [-0.1, -0.05) is 50.1 Å². The summed E-state index contributed by atoms with van der Waals surface area (Å²) in [7, 11) is 0. The van der Waals surface area contributed by atoms with E-state index in [1.54, 1.807) is 0 Å². The van der Waals surface area contributed by atoms with Crippen molar-refractivity contribution >= 4 is 0 Å². The zero-order valence-electron chi connectivity index (χ0n) is 10.8. The average molecular weight is 229 g/mol. The molecule has 0 spiro atoms. The SMILES string of the molecule is CCCCCC=C=CCNCc1ccccc1. The second-order valence-corrected chi connectivity index (χ2v) is 4.19. The molecule has 0 heterocycles. The van der Waals surface area contributed by atoms with Gasteiger partial charge in [0.05, 0.1) is 0 Å². The van der Waals surface area contributed by atoms with Crippen LogP contribution in [0.4, 0.5) is 0 Å². The van der Waals surface area contributed by atoms with E-state index in [1.807, 2.05) is 6.07 Å². The lowest BCUT2D eigenvalue weighted by Crippen LogP contribution is -2.12. The van der Waals surface area contributed by atoms with Crippen molar-refractivity contribution in [3.05, 3.63) is 53.8 Å². The van der Waals surface area contributed by atoms with Crippen molar-refractivity contribution in [2.24, 2.45) is 0 Å². The Morgan fingerprint density at radius 2 is 1.94 bits per heavy atom. The van der Waals surface area contributed by atoms with E-state index >= 15 is 0 Å². The van der Waals surface area contributed by atoms with Crippen LogP contribution in [-0.4, -0.2) is 6.54 Å². The van der Waals surface area contributed by atoms with Crippen molar-refractivity contribution in [3.63, 3.8) is 0 Å². The van der Waals surface area contributed by atoms with Gasteiger partial charge in [-0.2, -0.15) is 0 Å². The minimum atomic E-state index is 0.888. The molecule has 0 atom stereocenters. The van der Waals surface area contributed by atoms with Crippen LogP contribution in [0.15, 0.2) is 48.2 Å². The van der Waals surface area contributed by atoms with Gasteiger partial charge in [-0.3, -0.25) is 0 Å². The Morgan fingerprint density at radius 1 is 1.12 bits per heavy atom. The van der Waals surface area contributed by atoms with Crippen molar-refractivity contribution in [3.8, 4) is 0 Å². The first kappa shape index (κ1) is 13.8. The van der Waals surface area contributed by atoms with E-state index in [9.17, 15) is 0 Å². The van der Waals surface area contributed by atoms with Crippen molar-refractivity contribution in [2.75, 3.05) is 6.54 Å². The number of benzene rings is 1. The molecular formula is C16H23N. The molecule has 1 nitrogen and oxygen atoms in total. The molecule has 0 aliphatic rings. The van der Waals surface area contributed by atoms with Gasteiger partial charge in [0.25, 0.3) is 0 Å². The lowest BCUT2D eigenvalue weighted by atomic mass is 10.2. The minimum absolute atomic E-state index is 0.888. The van der Waals surface area contributed by atoms with Gasteiger partial charge < -0.3 is 5.32 Å². The van der Waals surface area contributed by atoms with E-state index in [2.05, 4.69) is 54.4 Å². The maximum Gasteiger partial charge on any atom is 0.0213 e. The summed E-state index contributed by atoms with van der Waals surface area (Å²) in [6.07, 6.45) is 9.26. The third kappa shape index (κ3) is 7.57. The fraction of sp³-hybridized carbons (Fsp3) is 0.438. The van der Waals surface area contributed by atoms with Gasteiger partial charge in [0.1, 0.15) is 0 Å². The maximum atomic E-state index is 3.37. The summed E-state index contributed by atoms with van der Waals surface area (Å²) in [6.45, 7) is 4.04. The van der Waals surface area contributed by atoms with Gasteiger partial charge >= 0.3 is 0 Å². The van der Waals surface area contributed by atoms with Crippen LogP contribution in [0.5, 0.6) is 0 Å². The summed E-state index contributed by atoms with van der Waals surface area (Å²) >= 11 is 0. The Labute approximate surface area is 105 Å². The molecule has 0 amide bonds. The van der Waals surface area contributed by atoms with Crippen LogP contribution in [0, 0.1) is 0 Å². The quantitative estimate of drug-likeness (QED) is 0.523. The number of unbranched alkanes of at least 4 members (excludes halogenated alkanes) is 3. The van der Waals surface area contributed by atoms with Gasteiger partial charge in [0, 0.05) is 13.1 Å². The minimum Gasteiger partial charge on any atom is -0.309 e. The van der Waals surface area contributed by atoms with Gasteiger partial charge in [-0.15, -0.1) is 5.73 Å². The third-order valence-electron chi connectivity index (χ3n) is 2.61. The highest BCUT2D eigenvalue weighted by atomic mass is 14.8. The second kappa shape index (κ2) is 9.89. The number of hydrogen-bond acceptors (Lipinski definition) is 1. The van der Waals surface area contributed by atoms with Crippen LogP contribution in [0.3, 0.4) is 0 Å². The summed E-state index contributed by atoms with van der Waals surface area (Å²) in [5.74, 6) is 0. The molecule has 1 aromatic rings. The number of rotatable bonds is 8. The molecule has 0 aliphatic carbocycles. The molecule has 0 aliphatic heterocycles. The molecule has 0 saturated heterocycles. The highest BCUT2D eigenvalue weighted by Gasteiger charge is 1.87. The van der Waals surface area contributed by atoms with Crippen LogP contribution < -0.4 is 5.32 Å². The highest BCUT2D eigenvalue weighted by Crippen LogP contribution is 1.98. The van der Waals surface area contributed by atoms with Gasteiger partial charge in [-0.25, -0.2) is 0 Å². The monoisotopic (exact) mass is 229 g/mol. The number of hydrogen-bond donors (Lipinski definition) is 1. The second-order valence-electron chi connectivity index (χ2n) is 4.19. The van der Waals surface area contributed by atoms with E-state index in [0.717, 1.165) is 19.5 Å². The Hall–Kier alpha value is -1.30. The molecule has 92 valence electrons. The van der Waals surface area contributed by atoms with Crippen LogP contribution in [0.2, 0.25) is 0 Å². The standard InChI is InChI=1S/C16H23N/c1-2-3-4-5-6-7-11-14-17-15-16-12-9-8-10-13-16/h6,8-13,17H,2-5,14-15H2,1H3. The van der Waals surface area contributed by atoms with Crippen molar-refractivity contribution < 1.29 is 0 Å². The van der Waals surface area contributed by atoms with Crippen LogP contribution in [0.1, 0.15) is 38.2 Å². The Morgan fingerprint density at radius 3 is 2.71 bits per heavy atom. The van der Waals surface area contributed by atoms with E-state index < -0.39 is 0 Å². The van der Waals surface area contributed by atoms with Gasteiger partial charge in [0.2, 0.25) is 0 Å². The molecular weight excluding hydrogens is 206 g/mol. The molecule has 17 heavy (non-hydrogen) atoms. The molecule has 1 aromatic carbocycles. The lowest BCUT2D eigenvalue weighted by molar-refractivity contribution is 0.729. The van der Waals surface area contributed by atoms with Crippen LogP contribution in [-0.2, 0) is 6.54 Å². The van der Waals surface area contributed by atoms with E-state index in [4.69, 9.17) is 0 Å². The first-order valence-corrected chi connectivity index (χ1v) is 6.57. The summed E-state index contributed by atoms with van der Waals surface area (Å²) in [4.78, 5) is 0. The molecule has 1 heteroatoms. The predicted molar refractivity (Wildman–Crippen MR) is 74.9 cm³/mol. The largest absolute Gasteiger partial charge is 0.309 e. The Balaban J connectivity index is 2.05. The molecule has 0 unspecified atom stereocenters. The van der Waals surface area contributed by atoms with Crippen LogP contribution >= 0.6 is 0 Å². The Bertz CT molecular complexity index is 334. The van der Waals surface area contributed by atoms with E-state index in [1.165, 1.54) is 24.8 Å². The first-order chi connectivity index (χ1) is 8.43. The lowest BCUT2D eigenvalue weighted by Gasteiger charge is -2.00. The van der Waals surface area contributed by atoms with E-state index in [0.29, 0.717) is 0 Å². The fourth-order valence-electron chi connectivity index (χ4n) is 1.61. The summed E-state index contributed by atoms with van der Waals surface area (Å²) in [6, 6.07) is 10.5. The smallest absolute Gasteiger partial charge is 0.0213 e. The fourth-order valence-corrected chi connectivity index (χ4v) is 1.61. The average Bonchev–Trinajstić information content (AvgIpc) is 2.38. The van der Waals surface area contributed by atoms with Crippen molar-refractivity contribution in [1.82, 2.24) is 5.32 Å². The molecule has 1 rings (SSSR count). The van der Waals surface area contributed by atoms with Gasteiger partial charge in [0.15, 0.2) is 0 Å². The molecule has 0 radical (unpaired) electrons. The highest BCUT2D eigenvalue weighted by molar-refractivity contribution is 5.14. The topological polar surface area (TPSA) is 12.0 Å². The summed E-state index contributed by atoms with van der Waals surface area (Å²) in [5, 5.41) is 3.37.